The summed E-state index contributed by atoms with van der Waals surface area (Å²) < 4.78 is 24.7. The molecule has 1 atom stereocenters. The molecule has 3 aliphatic heterocycles. The summed E-state index contributed by atoms with van der Waals surface area (Å²) in [6, 6.07) is 9.77. The van der Waals surface area contributed by atoms with Crippen LogP contribution in [0.3, 0.4) is 0 Å². The number of rotatable bonds is 5. The summed E-state index contributed by atoms with van der Waals surface area (Å²) in [4.78, 5) is 29.9. The Labute approximate surface area is 191 Å². The first-order chi connectivity index (χ1) is 16.0. The number of likely N-dealkylation sites (tertiary alicyclic amines) is 2. The zero-order valence-electron chi connectivity index (χ0n) is 18.1. The van der Waals surface area contributed by atoms with Gasteiger partial charge in [0.1, 0.15) is 24.8 Å². The number of halogens is 1. The standard InChI is InChI=1S/C25H25FN2O5/c26-18-6-3-16(4-7-18)22-21(23(29)17-5-8-19-20(15-17)33-14-13-32-19)24(30)25(31)28(22)12-11-27-9-1-2-10-27/h3-8,15,22,29H,1-2,9-14H2/b23-21+. The van der Waals surface area contributed by atoms with Crippen LogP contribution in [0.5, 0.6) is 11.5 Å². The number of aliphatic hydroxyl groups excluding tert-OH is 1. The van der Waals surface area contributed by atoms with Crippen LogP contribution in [0, 0.1) is 5.82 Å². The highest BCUT2D eigenvalue weighted by atomic mass is 19.1. The molecule has 33 heavy (non-hydrogen) atoms. The Bertz CT molecular complexity index is 1110. The first-order valence-corrected chi connectivity index (χ1v) is 11.2. The number of benzene rings is 2. The minimum Gasteiger partial charge on any atom is -0.507 e. The van der Waals surface area contributed by atoms with E-state index in [1.165, 1.54) is 17.0 Å². The number of carbonyl (C=O) groups excluding carboxylic acids is 2. The maximum Gasteiger partial charge on any atom is 0.295 e. The average Bonchev–Trinajstić information content (AvgIpc) is 3.44. The SMILES string of the molecule is O=C1C(=O)N(CCN2CCCC2)C(c2ccc(F)cc2)/C1=C(\O)c1ccc2c(c1)OCCO2. The van der Waals surface area contributed by atoms with Crippen LogP contribution in [0.4, 0.5) is 4.39 Å². The molecule has 2 saturated heterocycles. The molecule has 172 valence electrons. The molecule has 2 aromatic carbocycles. The number of carbonyl (C=O) groups is 2. The second-order valence-corrected chi connectivity index (χ2v) is 8.45. The molecule has 0 radical (unpaired) electrons. The molecule has 0 saturated carbocycles. The highest BCUT2D eigenvalue weighted by Gasteiger charge is 2.46. The van der Waals surface area contributed by atoms with E-state index in [2.05, 4.69) is 4.90 Å². The Morgan fingerprint density at radius 3 is 2.39 bits per heavy atom. The molecule has 3 aliphatic rings. The Morgan fingerprint density at radius 2 is 1.67 bits per heavy atom. The summed E-state index contributed by atoms with van der Waals surface area (Å²) in [5.41, 5.74) is 0.907. The van der Waals surface area contributed by atoms with Gasteiger partial charge in [0, 0.05) is 18.7 Å². The molecular formula is C25H25FN2O5. The van der Waals surface area contributed by atoms with Crippen molar-refractivity contribution >= 4 is 17.4 Å². The van der Waals surface area contributed by atoms with Gasteiger partial charge < -0.3 is 24.4 Å². The van der Waals surface area contributed by atoms with Crippen molar-refractivity contribution < 1.29 is 28.6 Å². The largest absolute Gasteiger partial charge is 0.507 e. The van der Waals surface area contributed by atoms with Gasteiger partial charge in [0.15, 0.2) is 11.5 Å². The van der Waals surface area contributed by atoms with E-state index in [-0.39, 0.29) is 11.3 Å². The lowest BCUT2D eigenvalue weighted by atomic mass is 9.95. The molecule has 1 unspecified atom stereocenters. The van der Waals surface area contributed by atoms with E-state index in [1.807, 2.05) is 0 Å². The van der Waals surface area contributed by atoms with Gasteiger partial charge in [-0.05, 0) is 61.8 Å². The molecule has 2 aromatic rings. The van der Waals surface area contributed by atoms with Gasteiger partial charge in [0.2, 0.25) is 0 Å². The molecule has 1 amide bonds. The second-order valence-electron chi connectivity index (χ2n) is 8.45. The molecule has 7 nitrogen and oxygen atoms in total. The number of Topliss-reactive ketones (excluding diaryl/α,β-unsaturated/α-hetero) is 1. The Balaban J connectivity index is 1.55. The maximum absolute atomic E-state index is 13.6. The number of ketones is 1. The molecule has 0 bridgehead atoms. The minimum atomic E-state index is -0.804. The first-order valence-electron chi connectivity index (χ1n) is 11.2. The van der Waals surface area contributed by atoms with Gasteiger partial charge in [-0.2, -0.15) is 0 Å². The number of fused-ring (bicyclic) bond motifs is 1. The molecule has 3 heterocycles. The van der Waals surface area contributed by atoms with Crippen LogP contribution in [-0.2, 0) is 9.59 Å². The van der Waals surface area contributed by atoms with Crippen LogP contribution in [0.15, 0.2) is 48.0 Å². The van der Waals surface area contributed by atoms with E-state index in [0.717, 1.165) is 25.9 Å². The molecule has 0 aliphatic carbocycles. The van der Waals surface area contributed by atoms with Gasteiger partial charge in [-0.1, -0.05) is 12.1 Å². The smallest absolute Gasteiger partial charge is 0.295 e. The van der Waals surface area contributed by atoms with Gasteiger partial charge in [-0.25, -0.2) is 4.39 Å². The number of amides is 1. The van der Waals surface area contributed by atoms with Crippen molar-refractivity contribution in [2.24, 2.45) is 0 Å². The monoisotopic (exact) mass is 452 g/mol. The van der Waals surface area contributed by atoms with E-state index in [1.54, 1.807) is 30.3 Å². The quantitative estimate of drug-likeness (QED) is 0.427. The molecular weight excluding hydrogens is 427 g/mol. The highest BCUT2D eigenvalue weighted by Crippen LogP contribution is 2.41. The predicted octanol–water partition coefficient (Wildman–Crippen LogP) is 3.11. The lowest BCUT2D eigenvalue weighted by molar-refractivity contribution is -0.140. The fourth-order valence-corrected chi connectivity index (χ4v) is 4.70. The van der Waals surface area contributed by atoms with Gasteiger partial charge in [0.05, 0.1) is 11.6 Å². The summed E-state index contributed by atoms with van der Waals surface area (Å²) in [5, 5.41) is 11.2. The van der Waals surface area contributed by atoms with E-state index < -0.39 is 23.5 Å². The van der Waals surface area contributed by atoms with Gasteiger partial charge in [0.25, 0.3) is 11.7 Å². The molecule has 2 fully saturated rings. The van der Waals surface area contributed by atoms with Crippen LogP contribution < -0.4 is 9.47 Å². The van der Waals surface area contributed by atoms with Crippen molar-refractivity contribution in [3.8, 4) is 11.5 Å². The van der Waals surface area contributed by atoms with Crippen molar-refractivity contribution in [1.82, 2.24) is 9.80 Å². The Hall–Kier alpha value is -3.39. The van der Waals surface area contributed by atoms with Crippen molar-refractivity contribution in [3.05, 3.63) is 65.0 Å². The number of nitrogens with zero attached hydrogens (tertiary/aromatic N) is 2. The van der Waals surface area contributed by atoms with Crippen LogP contribution >= 0.6 is 0 Å². The molecule has 0 spiro atoms. The van der Waals surface area contributed by atoms with Crippen LogP contribution in [0.25, 0.3) is 5.76 Å². The zero-order chi connectivity index (χ0) is 22.9. The lowest BCUT2D eigenvalue weighted by Gasteiger charge is -2.27. The zero-order valence-corrected chi connectivity index (χ0v) is 18.1. The van der Waals surface area contributed by atoms with Gasteiger partial charge >= 0.3 is 0 Å². The number of hydrogen-bond acceptors (Lipinski definition) is 6. The molecule has 5 rings (SSSR count). The minimum absolute atomic E-state index is 0.00953. The molecule has 1 N–H and O–H groups in total. The third kappa shape index (κ3) is 4.06. The highest BCUT2D eigenvalue weighted by molar-refractivity contribution is 6.46. The average molecular weight is 452 g/mol. The third-order valence-electron chi connectivity index (χ3n) is 6.40. The summed E-state index contributed by atoms with van der Waals surface area (Å²) in [6.07, 6.45) is 2.23. The van der Waals surface area contributed by atoms with E-state index >= 15 is 0 Å². The van der Waals surface area contributed by atoms with Crippen LogP contribution in [0.2, 0.25) is 0 Å². The number of ether oxygens (including phenoxy) is 2. The Kier molecular flexibility index (Phi) is 5.76. The summed E-state index contributed by atoms with van der Waals surface area (Å²) in [6.45, 7) is 3.71. The fraction of sp³-hybridized carbons (Fsp3) is 0.360. The predicted molar refractivity (Wildman–Crippen MR) is 119 cm³/mol. The first kappa shape index (κ1) is 21.5. The maximum atomic E-state index is 13.6. The van der Waals surface area contributed by atoms with Crippen molar-refractivity contribution in [2.75, 3.05) is 39.4 Å². The molecule has 8 heteroatoms. The lowest BCUT2D eigenvalue weighted by Crippen LogP contribution is -2.37. The van der Waals surface area contributed by atoms with E-state index in [4.69, 9.17) is 9.47 Å². The summed E-state index contributed by atoms with van der Waals surface area (Å²) >= 11 is 0. The van der Waals surface area contributed by atoms with Crippen LogP contribution in [-0.4, -0.2) is 66.0 Å². The van der Waals surface area contributed by atoms with Crippen molar-refractivity contribution in [2.45, 2.75) is 18.9 Å². The van der Waals surface area contributed by atoms with Crippen LogP contribution in [0.1, 0.15) is 30.0 Å². The molecule has 0 aromatic heterocycles. The number of aliphatic hydroxyl groups is 1. The normalized spacial score (nSPS) is 22.2. The summed E-state index contributed by atoms with van der Waals surface area (Å²) in [7, 11) is 0. The summed E-state index contributed by atoms with van der Waals surface area (Å²) in [5.74, 6) is -1.10. The van der Waals surface area contributed by atoms with Gasteiger partial charge in [-0.3, -0.25) is 9.59 Å². The second kappa shape index (κ2) is 8.86. The number of hydrogen-bond donors (Lipinski definition) is 1. The van der Waals surface area contributed by atoms with Crippen molar-refractivity contribution in [3.63, 3.8) is 0 Å². The fourth-order valence-electron chi connectivity index (χ4n) is 4.70. The third-order valence-corrected chi connectivity index (χ3v) is 6.40. The van der Waals surface area contributed by atoms with E-state index in [0.29, 0.717) is 48.9 Å². The van der Waals surface area contributed by atoms with Gasteiger partial charge in [-0.15, -0.1) is 0 Å². The van der Waals surface area contributed by atoms with E-state index in [9.17, 15) is 19.1 Å². The van der Waals surface area contributed by atoms with Crippen molar-refractivity contribution in [1.29, 1.82) is 0 Å². The Morgan fingerprint density at radius 1 is 0.970 bits per heavy atom. The topological polar surface area (TPSA) is 79.3 Å².